The Morgan fingerprint density at radius 2 is 2.50 bits per heavy atom. The molecule has 1 heterocycles. The van der Waals surface area contributed by atoms with Gasteiger partial charge in [-0.25, -0.2) is 4.90 Å². The highest BCUT2D eigenvalue weighted by Gasteiger charge is 2.28. The Kier molecular flexibility index (Phi) is 2.87. The molecule has 1 rings (SSSR count). The van der Waals surface area contributed by atoms with E-state index in [0.717, 1.165) is 25.5 Å². The molecule has 0 saturated carbocycles. The zero-order chi connectivity index (χ0) is 9.14. The Labute approximate surface area is 73.6 Å². The first kappa shape index (κ1) is 9.26. The van der Waals surface area contributed by atoms with Gasteiger partial charge in [0.25, 0.3) is 0 Å². The lowest BCUT2D eigenvalue weighted by molar-refractivity contribution is -0.508. The van der Waals surface area contributed by atoms with Gasteiger partial charge in [-0.15, -0.1) is 0 Å². The molecular formula is C9H17N2O+. The maximum atomic E-state index is 9.36. The fourth-order valence-electron chi connectivity index (χ4n) is 1.57. The molecule has 0 fully saturated rings. The molecule has 0 spiro atoms. The van der Waals surface area contributed by atoms with Gasteiger partial charge in [-0.1, -0.05) is 12.7 Å². The summed E-state index contributed by atoms with van der Waals surface area (Å²) >= 11 is 0. The number of hydrogen-bond donors (Lipinski definition) is 1. The van der Waals surface area contributed by atoms with Crippen LogP contribution in [0.3, 0.4) is 0 Å². The minimum absolute atomic E-state index is 0.375. The average molecular weight is 169 g/mol. The van der Waals surface area contributed by atoms with Crippen molar-refractivity contribution in [1.82, 2.24) is 4.90 Å². The summed E-state index contributed by atoms with van der Waals surface area (Å²) < 4.78 is 2.21. The second kappa shape index (κ2) is 3.72. The van der Waals surface area contributed by atoms with Gasteiger partial charge in [-0.2, -0.15) is 0 Å². The number of aliphatic hydroxyl groups is 1. The SMILES string of the molecule is C=CC[N+]1=C(C)N(C(C)O)CC1. The minimum Gasteiger partial charge on any atom is -0.356 e. The molecule has 0 aromatic carbocycles. The van der Waals surface area contributed by atoms with Crippen LogP contribution in [0, 0.1) is 0 Å². The van der Waals surface area contributed by atoms with E-state index in [1.54, 1.807) is 6.92 Å². The number of rotatable bonds is 3. The van der Waals surface area contributed by atoms with Gasteiger partial charge in [0.1, 0.15) is 19.6 Å². The summed E-state index contributed by atoms with van der Waals surface area (Å²) in [5.41, 5.74) is 0. The third-order valence-corrected chi connectivity index (χ3v) is 2.28. The largest absolute Gasteiger partial charge is 0.356 e. The van der Waals surface area contributed by atoms with Crippen molar-refractivity contribution in [3.05, 3.63) is 12.7 Å². The molecule has 12 heavy (non-hydrogen) atoms. The van der Waals surface area contributed by atoms with Crippen LogP contribution < -0.4 is 0 Å². The Balaban J connectivity index is 2.69. The fourth-order valence-corrected chi connectivity index (χ4v) is 1.57. The van der Waals surface area contributed by atoms with Gasteiger partial charge < -0.3 is 5.11 Å². The quantitative estimate of drug-likeness (QED) is 0.484. The molecule has 1 unspecified atom stereocenters. The van der Waals surface area contributed by atoms with Crippen molar-refractivity contribution in [2.24, 2.45) is 0 Å². The molecular weight excluding hydrogens is 152 g/mol. The molecule has 68 valence electrons. The molecule has 0 aromatic rings. The van der Waals surface area contributed by atoms with E-state index < -0.39 is 0 Å². The maximum absolute atomic E-state index is 9.36. The van der Waals surface area contributed by atoms with Crippen LogP contribution >= 0.6 is 0 Å². The second-order valence-electron chi connectivity index (χ2n) is 3.11. The van der Waals surface area contributed by atoms with Gasteiger partial charge >= 0.3 is 0 Å². The summed E-state index contributed by atoms with van der Waals surface area (Å²) in [5.74, 6) is 1.14. The van der Waals surface area contributed by atoms with Gasteiger partial charge in [0, 0.05) is 13.8 Å². The molecule has 3 heteroatoms. The number of amidine groups is 1. The van der Waals surface area contributed by atoms with E-state index in [2.05, 4.69) is 11.2 Å². The first-order chi connectivity index (χ1) is 5.66. The maximum Gasteiger partial charge on any atom is 0.246 e. The smallest absolute Gasteiger partial charge is 0.246 e. The third-order valence-electron chi connectivity index (χ3n) is 2.28. The third kappa shape index (κ3) is 1.67. The molecule has 1 atom stereocenters. The number of nitrogens with zero attached hydrogens (tertiary/aromatic N) is 2. The molecule has 0 bridgehead atoms. The van der Waals surface area contributed by atoms with Gasteiger partial charge in [0.05, 0.1) is 0 Å². The van der Waals surface area contributed by atoms with Crippen LogP contribution in [0.2, 0.25) is 0 Å². The summed E-state index contributed by atoms with van der Waals surface area (Å²) in [6, 6.07) is 0. The van der Waals surface area contributed by atoms with Gasteiger partial charge in [0.2, 0.25) is 5.84 Å². The fraction of sp³-hybridized carbons (Fsp3) is 0.667. The topological polar surface area (TPSA) is 26.5 Å². The van der Waals surface area contributed by atoms with Crippen LogP contribution in [0.15, 0.2) is 12.7 Å². The van der Waals surface area contributed by atoms with E-state index in [1.807, 2.05) is 17.9 Å². The standard InChI is InChI=1S/C9H17N2O/c1-4-5-10-6-7-11(8(10)2)9(3)12/h4,9,12H,1,5-7H2,2-3H3/q+1. The summed E-state index contributed by atoms with van der Waals surface area (Å²) in [5, 5.41) is 9.36. The van der Waals surface area contributed by atoms with Crippen molar-refractivity contribution in [3.8, 4) is 0 Å². The minimum atomic E-state index is -0.375. The van der Waals surface area contributed by atoms with Crippen molar-refractivity contribution in [3.63, 3.8) is 0 Å². The lowest BCUT2D eigenvalue weighted by Gasteiger charge is -2.12. The Morgan fingerprint density at radius 1 is 1.83 bits per heavy atom. The molecule has 0 aromatic heterocycles. The highest BCUT2D eigenvalue weighted by Crippen LogP contribution is 2.04. The summed E-state index contributed by atoms with van der Waals surface area (Å²) in [7, 11) is 0. The monoisotopic (exact) mass is 169 g/mol. The first-order valence-corrected chi connectivity index (χ1v) is 4.31. The molecule has 3 nitrogen and oxygen atoms in total. The van der Waals surface area contributed by atoms with Crippen LogP contribution in [-0.2, 0) is 0 Å². The van der Waals surface area contributed by atoms with Crippen molar-refractivity contribution in [2.75, 3.05) is 19.6 Å². The highest BCUT2D eigenvalue weighted by molar-refractivity contribution is 5.75. The van der Waals surface area contributed by atoms with Gasteiger partial charge in [-0.3, -0.25) is 4.58 Å². The Morgan fingerprint density at radius 3 is 2.92 bits per heavy atom. The lowest BCUT2D eigenvalue weighted by Crippen LogP contribution is -2.35. The molecule has 0 aliphatic carbocycles. The van der Waals surface area contributed by atoms with Gasteiger partial charge in [0.15, 0.2) is 6.23 Å². The van der Waals surface area contributed by atoms with Crippen molar-refractivity contribution in [2.45, 2.75) is 20.1 Å². The zero-order valence-corrected chi connectivity index (χ0v) is 7.82. The van der Waals surface area contributed by atoms with Crippen molar-refractivity contribution < 1.29 is 9.68 Å². The predicted molar refractivity (Wildman–Crippen MR) is 49.3 cm³/mol. The Bertz CT molecular complexity index is 209. The highest BCUT2D eigenvalue weighted by atomic mass is 16.3. The van der Waals surface area contributed by atoms with Gasteiger partial charge in [-0.05, 0) is 0 Å². The van der Waals surface area contributed by atoms with Crippen LogP contribution in [0.1, 0.15) is 13.8 Å². The molecule has 0 amide bonds. The van der Waals surface area contributed by atoms with Crippen LogP contribution in [0.25, 0.3) is 0 Å². The molecule has 1 N–H and O–H groups in total. The summed E-state index contributed by atoms with van der Waals surface area (Å²) in [6.07, 6.45) is 1.51. The van der Waals surface area contributed by atoms with E-state index >= 15 is 0 Å². The summed E-state index contributed by atoms with van der Waals surface area (Å²) in [6.45, 7) is 10.3. The van der Waals surface area contributed by atoms with Crippen LogP contribution in [0.4, 0.5) is 0 Å². The molecule has 1 aliphatic heterocycles. The summed E-state index contributed by atoms with van der Waals surface area (Å²) in [4.78, 5) is 1.99. The van der Waals surface area contributed by atoms with Crippen LogP contribution in [0.5, 0.6) is 0 Å². The first-order valence-electron chi connectivity index (χ1n) is 4.31. The molecule has 0 radical (unpaired) electrons. The van der Waals surface area contributed by atoms with E-state index in [4.69, 9.17) is 0 Å². The lowest BCUT2D eigenvalue weighted by atomic mass is 10.5. The van der Waals surface area contributed by atoms with Crippen molar-refractivity contribution >= 4 is 5.84 Å². The number of hydrogen-bond acceptors (Lipinski definition) is 2. The van der Waals surface area contributed by atoms with Crippen molar-refractivity contribution in [1.29, 1.82) is 0 Å². The average Bonchev–Trinajstić information content (AvgIpc) is 2.34. The molecule has 1 aliphatic rings. The molecule has 0 saturated heterocycles. The van der Waals surface area contributed by atoms with Crippen LogP contribution in [-0.4, -0.2) is 46.3 Å². The van der Waals surface area contributed by atoms with E-state index in [0.29, 0.717) is 0 Å². The van der Waals surface area contributed by atoms with E-state index in [1.165, 1.54) is 0 Å². The van der Waals surface area contributed by atoms with E-state index in [9.17, 15) is 5.11 Å². The zero-order valence-electron chi connectivity index (χ0n) is 7.82. The van der Waals surface area contributed by atoms with E-state index in [-0.39, 0.29) is 6.23 Å². The predicted octanol–water partition coefficient (Wildman–Crippen LogP) is 0.257. The second-order valence-corrected chi connectivity index (χ2v) is 3.11. The number of aliphatic hydroxyl groups excluding tert-OH is 1. The Hall–Kier alpha value is -0.830. The normalized spacial score (nSPS) is 20.1.